The van der Waals surface area contributed by atoms with Gasteiger partial charge in [0, 0.05) is 32.7 Å². The normalized spacial score (nSPS) is 16.5. The highest BCUT2D eigenvalue weighted by atomic mass is 32.2. The van der Waals surface area contributed by atoms with Gasteiger partial charge in [0.1, 0.15) is 0 Å². The summed E-state index contributed by atoms with van der Waals surface area (Å²) in [6.45, 7) is 6.09. The fraction of sp³-hybridized carbons (Fsp3) is 0.650. The van der Waals surface area contributed by atoms with Crippen LogP contribution in [0.1, 0.15) is 38.7 Å². The van der Waals surface area contributed by atoms with Gasteiger partial charge in [0.25, 0.3) is 0 Å². The van der Waals surface area contributed by atoms with Crippen molar-refractivity contribution >= 4 is 16.0 Å². The molecule has 0 amide bonds. The predicted molar refractivity (Wildman–Crippen MR) is 116 cm³/mol. The zero-order valence-electron chi connectivity index (χ0n) is 17.9. The maximum Gasteiger partial charge on any atom is 0.214 e. The summed E-state index contributed by atoms with van der Waals surface area (Å²) in [5, 5.41) is 6.72. The van der Waals surface area contributed by atoms with E-state index in [9.17, 15) is 8.42 Å². The van der Waals surface area contributed by atoms with E-state index in [0.717, 1.165) is 24.2 Å². The van der Waals surface area contributed by atoms with Crippen LogP contribution in [-0.4, -0.2) is 64.3 Å². The molecule has 29 heavy (non-hydrogen) atoms. The van der Waals surface area contributed by atoms with Gasteiger partial charge in [-0.1, -0.05) is 13.0 Å². The van der Waals surface area contributed by atoms with Crippen LogP contribution >= 0.6 is 0 Å². The van der Waals surface area contributed by atoms with Crippen molar-refractivity contribution in [1.82, 2.24) is 14.9 Å². The molecule has 8 nitrogen and oxygen atoms in total. The van der Waals surface area contributed by atoms with Crippen molar-refractivity contribution in [2.45, 2.75) is 45.7 Å². The van der Waals surface area contributed by atoms with Crippen LogP contribution in [0, 0.1) is 0 Å². The smallest absolute Gasteiger partial charge is 0.214 e. The summed E-state index contributed by atoms with van der Waals surface area (Å²) >= 11 is 0. The van der Waals surface area contributed by atoms with Crippen LogP contribution in [0.5, 0.6) is 11.5 Å². The standard InChI is InChI=1S/C20H34N4O4S/c1-5-13-29(25,26)24-11-9-17(10-12-24)23-20(21-3)22-15-16-7-8-18(27-4)19(14-16)28-6-2/h7-8,14,17H,5-6,9-13,15H2,1-4H3,(H2,21,22,23). The molecule has 1 aliphatic heterocycles. The molecular formula is C20H34N4O4S. The second kappa shape index (κ2) is 11.3. The number of ether oxygens (including phenoxy) is 2. The zero-order chi connectivity index (χ0) is 21.3. The third kappa shape index (κ3) is 6.78. The number of nitrogens with zero attached hydrogens (tertiary/aromatic N) is 2. The lowest BCUT2D eigenvalue weighted by molar-refractivity contribution is 0.306. The molecule has 164 valence electrons. The van der Waals surface area contributed by atoms with Crippen LogP contribution < -0.4 is 20.1 Å². The van der Waals surface area contributed by atoms with Crippen molar-refractivity contribution in [3.05, 3.63) is 23.8 Å². The van der Waals surface area contributed by atoms with Crippen LogP contribution in [0.15, 0.2) is 23.2 Å². The Morgan fingerprint density at radius 2 is 1.97 bits per heavy atom. The Morgan fingerprint density at radius 3 is 2.55 bits per heavy atom. The summed E-state index contributed by atoms with van der Waals surface area (Å²) in [6, 6.07) is 6.03. The number of sulfonamides is 1. The SMILES string of the molecule is CCCS(=O)(=O)N1CCC(NC(=NC)NCc2ccc(OC)c(OCC)c2)CC1. The summed E-state index contributed by atoms with van der Waals surface area (Å²) in [4.78, 5) is 4.29. The predicted octanol–water partition coefficient (Wildman–Crippen LogP) is 1.96. The lowest BCUT2D eigenvalue weighted by Gasteiger charge is -2.32. The van der Waals surface area contributed by atoms with Crippen LogP contribution in [0.25, 0.3) is 0 Å². The van der Waals surface area contributed by atoms with E-state index in [1.807, 2.05) is 32.0 Å². The van der Waals surface area contributed by atoms with Crippen molar-refractivity contribution in [2.75, 3.05) is 39.6 Å². The number of hydrogen-bond acceptors (Lipinski definition) is 5. The molecule has 0 aromatic heterocycles. The number of piperidine rings is 1. The average Bonchev–Trinajstić information content (AvgIpc) is 2.72. The largest absolute Gasteiger partial charge is 0.493 e. The molecule has 1 fully saturated rings. The van der Waals surface area contributed by atoms with Gasteiger partial charge in [0.15, 0.2) is 17.5 Å². The van der Waals surface area contributed by atoms with Crippen molar-refractivity contribution < 1.29 is 17.9 Å². The minimum absolute atomic E-state index is 0.198. The Morgan fingerprint density at radius 1 is 1.24 bits per heavy atom. The van der Waals surface area contributed by atoms with Gasteiger partial charge in [0.2, 0.25) is 10.0 Å². The number of methoxy groups -OCH3 is 1. The van der Waals surface area contributed by atoms with Gasteiger partial charge >= 0.3 is 0 Å². The van der Waals surface area contributed by atoms with Crippen molar-refractivity contribution in [3.63, 3.8) is 0 Å². The fourth-order valence-electron chi connectivity index (χ4n) is 3.34. The topological polar surface area (TPSA) is 92.3 Å². The van der Waals surface area contributed by atoms with E-state index in [0.29, 0.717) is 44.4 Å². The molecule has 0 bridgehead atoms. The molecule has 0 unspecified atom stereocenters. The lowest BCUT2D eigenvalue weighted by atomic mass is 10.1. The molecule has 1 aromatic carbocycles. The Labute approximate surface area is 174 Å². The van der Waals surface area contributed by atoms with Crippen LogP contribution in [0.2, 0.25) is 0 Å². The van der Waals surface area contributed by atoms with Crippen LogP contribution in [0.3, 0.4) is 0 Å². The first kappa shape index (κ1) is 23.3. The molecule has 0 spiro atoms. The summed E-state index contributed by atoms with van der Waals surface area (Å²) < 4.78 is 37.0. The van der Waals surface area contributed by atoms with Gasteiger partial charge in [0.05, 0.1) is 19.5 Å². The summed E-state index contributed by atoms with van der Waals surface area (Å²) in [5.74, 6) is 2.36. The summed E-state index contributed by atoms with van der Waals surface area (Å²) in [7, 11) is 0.243. The molecular weight excluding hydrogens is 392 g/mol. The molecule has 0 aliphatic carbocycles. The molecule has 1 aliphatic rings. The number of nitrogens with one attached hydrogen (secondary N) is 2. The number of aliphatic imine (C=N–C) groups is 1. The van der Waals surface area contributed by atoms with Gasteiger partial charge < -0.3 is 20.1 Å². The van der Waals surface area contributed by atoms with E-state index in [2.05, 4.69) is 15.6 Å². The second-order valence-electron chi connectivity index (χ2n) is 6.98. The average molecular weight is 427 g/mol. The minimum atomic E-state index is -3.11. The highest BCUT2D eigenvalue weighted by molar-refractivity contribution is 7.89. The number of hydrogen-bond donors (Lipinski definition) is 2. The monoisotopic (exact) mass is 426 g/mol. The molecule has 2 rings (SSSR count). The molecule has 0 radical (unpaired) electrons. The van der Waals surface area contributed by atoms with E-state index >= 15 is 0 Å². The van der Waals surface area contributed by atoms with Crippen LogP contribution in [0.4, 0.5) is 0 Å². The fourth-order valence-corrected chi connectivity index (χ4v) is 4.88. The Bertz CT molecular complexity index is 775. The molecule has 1 aromatic rings. The first-order valence-corrected chi connectivity index (χ1v) is 11.8. The summed E-state index contributed by atoms with van der Waals surface area (Å²) in [6.07, 6.45) is 2.18. The van der Waals surface area contributed by atoms with E-state index in [4.69, 9.17) is 9.47 Å². The third-order valence-electron chi connectivity index (χ3n) is 4.86. The molecule has 1 heterocycles. The van der Waals surface area contributed by atoms with E-state index < -0.39 is 10.0 Å². The number of rotatable bonds is 9. The molecule has 0 atom stereocenters. The lowest BCUT2D eigenvalue weighted by Crippen LogP contribution is -2.49. The molecule has 1 saturated heterocycles. The van der Waals surface area contributed by atoms with Crippen molar-refractivity contribution in [1.29, 1.82) is 0 Å². The second-order valence-corrected chi connectivity index (χ2v) is 9.07. The quantitative estimate of drug-likeness (QED) is 0.463. The highest BCUT2D eigenvalue weighted by Gasteiger charge is 2.27. The first-order valence-electron chi connectivity index (χ1n) is 10.2. The third-order valence-corrected chi connectivity index (χ3v) is 6.94. The van der Waals surface area contributed by atoms with Crippen molar-refractivity contribution in [3.8, 4) is 11.5 Å². The minimum Gasteiger partial charge on any atom is -0.493 e. The van der Waals surface area contributed by atoms with E-state index in [1.165, 1.54) is 0 Å². The first-order chi connectivity index (χ1) is 13.9. The van der Waals surface area contributed by atoms with E-state index in [-0.39, 0.29) is 11.8 Å². The Kier molecular flexibility index (Phi) is 9.03. The van der Waals surface area contributed by atoms with Crippen LogP contribution in [-0.2, 0) is 16.6 Å². The maximum atomic E-state index is 12.2. The Balaban J connectivity index is 1.87. The zero-order valence-corrected chi connectivity index (χ0v) is 18.7. The van der Waals surface area contributed by atoms with Gasteiger partial charge in [-0.25, -0.2) is 12.7 Å². The van der Waals surface area contributed by atoms with Crippen molar-refractivity contribution in [2.24, 2.45) is 4.99 Å². The maximum absolute atomic E-state index is 12.2. The van der Waals surface area contributed by atoms with Gasteiger partial charge in [-0.15, -0.1) is 0 Å². The molecule has 0 saturated carbocycles. The number of benzene rings is 1. The highest BCUT2D eigenvalue weighted by Crippen LogP contribution is 2.28. The van der Waals surface area contributed by atoms with Gasteiger partial charge in [-0.3, -0.25) is 4.99 Å². The Hall–Kier alpha value is -2.00. The summed E-state index contributed by atoms with van der Waals surface area (Å²) in [5.41, 5.74) is 1.05. The van der Waals surface area contributed by atoms with E-state index in [1.54, 1.807) is 18.5 Å². The van der Waals surface area contributed by atoms with Gasteiger partial charge in [-0.2, -0.15) is 0 Å². The molecule has 9 heteroatoms. The van der Waals surface area contributed by atoms with Gasteiger partial charge in [-0.05, 0) is 43.9 Å². The number of guanidine groups is 1. The molecule has 2 N–H and O–H groups in total.